The van der Waals surface area contributed by atoms with Gasteiger partial charge >= 0.3 is 0 Å². The molecule has 0 aliphatic carbocycles. The van der Waals surface area contributed by atoms with Crippen LogP contribution in [0.15, 0.2) is 53.4 Å². The molecule has 132 valence electrons. The normalized spacial score (nSPS) is 20.0. The Balaban J connectivity index is 1.77. The molecular formula is C20H23NO3S. The second kappa shape index (κ2) is 8.04. The first-order valence-electron chi connectivity index (χ1n) is 8.42. The molecule has 5 heteroatoms. The fourth-order valence-electron chi connectivity index (χ4n) is 3.38. The molecule has 0 aromatic heterocycles. The summed E-state index contributed by atoms with van der Waals surface area (Å²) in [4.78, 5) is 15.6. The zero-order valence-corrected chi connectivity index (χ0v) is 15.1. The summed E-state index contributed by atoms with van der Waals surface area (Å²) in [6.45, 7) is 0.994. The molecule has 0 spiro atoms. The summed E-state index contributed by atoms with van der Waals surface area (Å²) in [6, 6.07) is 15.9. The van der Waals surface area contributed by atoms with E-state index >= 15 is 0 Å². The molecule has 1 heterocycles. The van der Waals surface area contributed by atoms with Gasteiger partial charge in [0, 0.05) is 48.6 Å². The summed E-state index contributed by atoms with van der Waals surface area (Å²) < 4.78 is 0. The van der Waals surface area contributed by atoms with Crippen molar-refractivity contribution in [2.45, 2.75) is 4.90 Å². The number of benzene rings is 2. The van der Waals surface area contributed by atoms with Gasteiger partial charge in [0.25, 0.3) is 5.91 Å². The van der Waals surface area contributed by atoms with Crippen LogP contribution in [0.2, 0.25) is 0 Å². The van der Waals surface area contributed by atoms with E-state index in [-0.39, 0.29) is 31.0 Å². The Hall–Kier alpha value is -1.82. The lowest BCUT2D eigenvalue weighted by molar-refractivity contribution is 0.0778. The topological polar surface area (TPSA) is 60.8 Å². The lowest BCUT2D eigenvalue weighted by Crippen LogP contribution is -2.29. The van der Waals surface area contributed by atoms with Gasteiger partial charge < -0.3 is 15.1 Å². The van der Waals surface area contributed by atoms with Crippen LogP contribution in [0.3, 0.4) is 0 Å². The van der Waals surface area contributed by atoms with Gasteiger partial charge in [0.15, 0.2) is 0 Å². The van der Waals surface area contributed by atoms with Crippen LogP contribution in [0.4, 0.5) is 0 Å². The molecule has 2 atom stereocenters. The Bertz CT molecular complexity index is 720. The summed E-state index contributed by atoms with van der Waals surface area (Å²) in [5.74, 6) is -0.123. The van der Waals surface area contributed by atoms with E-state index in [2.05, 4.69) is 18.4 Å². The van der Waals surface area contributed by atoms with Crippen LogP contribution in [0.5, 0.6) is 0 Å². The first-order valence-corrected chi connectivity index (χ1v) is 9.64. The van der Waals surface area contributed by atoms with Crippen molar-refractivity contribution in [2.24, 2.45) is 11.8 Å². The van der Waals surface area contributed by atoms with Gasteiger partial charge in [0.2, 0.25) is 0 Å². The monoisotopic (exact) mass is 357 g/mol. The number of likely N-dealkylation sites (tertiary alicyclic amines) is 1. The van der Waals surface area contributed by atoms with E-state index in [9.17, 15) is 15.0 Å². The fraction of sp³-hybridized carbons (Fsp3) is 0.350. The smallest absolute Gasteiger partial charge is 0.253 e. The summed E-state index contributed by atoms with van der Waals surface area (Å²) >= 11 is 1.70. The van der Waals surface area contributed by atoms with Gasteiger partial charge in [-0.05, 0) is 35.6 Å². The predicted octanol–water partition coefficient (Wildman–Crippen LogP) is 2.75. The van der Waals surface area contributed by atoms with E-state index < -0.39 is 0 Å². The van der Waals surface area contributed by atoms with Crippen molar-refractivity contribution in [3.05, 3.63) is 54.1 Å². The van der Waals surface area contributed by atoms with E-state index in [0.29, 0.717) is 18.7 Å². The fourth-order valence-corrected chi connectivity index (χ4v) is 4.00. The van der Waals surface area contributed by atoms with Crippen LogP contribution in [0, 0.1) is 11.8 Å². The number of amides is 1. The molecule has 3 rings (SSSR count). The highest BCUT2D eigenvalue weighted by Gasteiger charge is 2.34. The van der Waals surface area contributed by atoms with Crippen LogP contribution >= 0.6 is 11.8 Å². The predicted molar refractivity (Wildman–Crippen MR) is 101 cm³/mol. The molecule has 1 amide bonds. The minimum Gasteiger partial charge on any atom is -0.396 e. The third-order valence-corrected chi connectivity index (χ3v) is 5.68. The summed E-state index contributed by atoms with van der Waals surface area (Å²) in [6.07, 6.45) is 2.05. The van der Waals surface area contributed by atoms with E-state index in [1.165, 1.54) is 4.90 Å². The number of rotatable bonds is 5. The summed E-state index contributed by atoms with van der Waals surface area (Å²) in [5.41, 5.74) is 2.89. The molecule has 4 nitrogen and oxygen atoms in total. The highest BCUT2D eigenvalue weighted by molar-refractivity contribution is 7.98. The first kappa shape index (κ1) is 18.0. The van der Waals surface area contributed by atoms with Gasteiger partial charge in [0.05, 0.1) is 0 Å². The first-order chi connectivity index (χ1) is 12.2. The molecule has 2 aromatic carbocycles. The number of thioether (sulfide) groups is 1. The van der Waals surface area contributed by atoms with Crippen molar-refractivity contribution in [1.29, 1.82) is 0 Å². The molecule has 0 bridgehead atoms. The Kier molecular flexibility index (Phi) is 5.78. The van der Waals surface area contributed by atoms with Gasteiger partial charge in [0.1, 0.15) is 0 Å². The van der Waals surface area contributed by atoms with E-state index in [4.69, 9.17) is 0 Å². The van der Waals surface area contributed by atoms with E-state index in [1.807, 2.05) is 36.4 Å². The molecule has 1 fully saturated rings. The quantitative estimate of drug-likeness (QED) is 0.808. The van der Waals surface area contributed by atoms with Crippen LogP contribution in [-0.2, 0) is 0 Å². The molecule has 25 heavy (non-hydrogen) atoms. The number of carbonyl (C=O) groups excluding carboxylic acids is 1. The lowest BCUT2D eigenvalue weighted by atomic mass is 9.98. The molecule has 1 aliphatic rings. The molecular weight excluding hydrogens is 334 g/mol. The minimum atomic E-state index is -0.0425. The molecule has 0 radical (unpaired) electrons. The Labute approximate surface area is 152 Å². The molecule has 1 saturated heterocycles. The second-order valence-corrected chi connectivity index (χ2v) is 7.22. The third kappa shape index (κ3) is 3.73. The van der Waals surface area contributed by atoms with Gasteiger partial charge in [-0.15, -0.1) is 11.8 Å². The van der Waals surface area contributed by atoms with E-state index in [0.717, 1.165) is 11.1 Å². The van der Waals surface area contributed by atoms with Crippen molar-refractivity contribution in [3.8, 4) is 11.1 Å². The Morgan fingerprint density at radius 1 is 1.04 bits per heavy atom. The van der Waals surface area contributed by atoms with Crippen molar-refractivity contribution < 1.29 is 15.0 Å². The van der Waals surface area contributed by atoms with Gasteiger partial charge in [-0.1, -0.05) is 30.3 Å². The van der Waals surface area contributed by atoms with Crippen molar-refractivity contribution >= 4 is 17.7 Å². The average Bonchev–Trinajstić information content (AvgIpc) is 3.11. The zero-order chi connectivity index (χ0) is 17.8. The number of aliphatic hydroxyl groups excluding tert-OH is 2. The third-order valence-electron chi connectivity index (χ3n) is 4.88. The maximum Gasteiger partial charge on any atom is 0.253 e. The standard InChI is InChI=1S/C20H23NO3S/c1-25-19-5-3-2-4-18(19)14-6-8-15(9-7-14)20(24)21-10-16(12-22)17(11-21)13-23/h2-9,16-17,22-23H,10-13H2,1H3/t16-,17-/m0/s1. The Morgan fingerprint density at radius 2 is 1.64 bits per heavy atom. The van der Waals surface area contributed by atoms with Gasteiger partial charge in [-0.25, -0.2) is 0 Å². The van der Waals surface area contributed by atoms with Gasteiger partial charge in [-0.2, -0.15) is 0 Å². The number of nitrogens with zero attached hydrogens (tertiary/aromatic N) is 1. The largest absolute Gasteiger partial charge is 0.396 e. The van der Waals surface area contributed by atoms with Crippen LogP contribution < -0.4 is 0 Å². The van der Waals surface area contributed by atoms with Crippen molar-refractivity contribution in [2.75, 3.05) is 32.6 Å². The van der Waals surface area contributed by atoms with E-state index in [1.54, 1.807) is 16.7 Å². The SMILES string of the molecule is CSc1ccccc1-c1ccc(C(=O)N2C[C@@H](CO)[C@H](CO)C2)cc1. The number of carbonyl (C=O) groups is 1. The lowest BCUT2D eigenvalue weighted by Gasteiger charge is -2.16. The highest BCUT2D eigenvalue weighted by atomic mass is 32.2. The van der Waals surface area contributed by atoms with Crippen LogP contribution in [0.25, 0.3) is 11.1 Å². The maximum atomic E-state index is 12.7. The second-order valence-electron chi connectivity index (χ2n) is 6.37. The minimum absolute atomic E-state index is 0.000582. The number of hydrogen-bond donors (Lipinski definition) is 2. The molecule has 0 saturated carbocycles. The average molecular weight is 357 g/mol. The van der Waals surface area contributed by atoms with Crippen molar-refractivity contribution in [1.82, 2.24) is 4.90 Å². The van der Waals surface area contributed by atoms with Crippen molar-refractivity contribution in [3.63, 3.8) is 0 Å². The maximum absolute atomic E-state index is 12.7. The molecule has 0 unspecified atom stereocenters. The summed E-state index contributed by atoms with van der Waals surface area (Å²) in [7, 11) is 0. The molecule has 1 aliphatic heterocycles. The number of hydrogen-bond acceptors (Lipinski definition) is 4. The highest BCUT2D eigenvalue weighted by Crippen LogP contribution is 2.30. The molecule has 2 aromatic rings. The Morgan fingerprint density at radius 3 is 2.20 bits per heavy atom. The van der Waals surface area contributed by atoms with Gasteiger partial charge in [-0.3, -0.25) is 4.79 Å². The molecule has 2 N–H and O–H groups in total. The number of aliphatic hydroxyl groups is 2. The van der Waals surface area contributed by atoms with Crippen LogP contribution in [0.1, 0.15) is 10.4 Å². The summed E-state index contributed by atoms with van der Waals surface area (Å²) in [5, 5.41) is 18.8. The zero-order valence-electron chi connectivity index (χ0n) is 14.3. The van der Waals surface area contributed by atoms with Crippen LogP contribution in [-0.4, -0.2) is 53.6 Å².